The summed E-state index contributed by atoms with van der Waals surface area (Å²) >= 11 is 0. The van der Waals surface area contributed by atoms with Gasteiger partial charge in [0.1, 0.15) is 6.61 Å². The molecule has 0 unspecified atom stereocenters. The van der Waals surface area contributed by atoms with E-state index in [1.54, 1.807) is 4.90 Å². The molecular formula is C19H24N2O2. The monoisotopic (exact) mass is 312 g/mol. The zero-order chi connectivity index (χ0) is 16.1. The van der Waals surface area contributed by atoms with Gasteiger partial charge in [0.15, 0.2) is 0 Å². The lowest BCUT2D eigenvalue weighted by molar-refractivity contribution is 0.0595. The Morgan fingerprint density at radius 3 is 2.48 bits per heavy atom. The molecule has 0 bridgehead atoms. The number of amides is 1. The second-order valence-electron chi connectivity index (χ2n) is 6.78. The van der Waals surface area contributed by atoms with Crippen LogP contribution in [0.4, 0.5) is 4.79 Å². The van der Waals surface area contributed by atoms with Gasteiger partial charge in [0.05, 0.1) is 11.5 Å². The minimum absolute atomic E-state index is 0.216. The fraction of sp³-hybridized carbons (Fsp3) is 0.579. The summed E-state index contributed by atoms with van der Waals surface area (Å²) in [5, 5.41) is 9.69. The highest BCUT2D eigenvalue weighted by atomic mass is 16.6. The van der Waals surface area contributed by atoms with Crippen LogP contribution < -0.4 is 0 Å². The first kappa shape index (κ1) is 15.9. The molecule has 1 aliphatic heterocycles. The number of benzene rings is 1. The number of carbonyl (C=O) groups excluding carboxylic acids is 1. The van der Waals surface area contributed by atoms with Gasteiger partial charge in [-0.3, -0.25) is 0 Å². The van der Waals surface area contributed by atoms with Crippen molar-refractivity contribution in [3.63, 3.8) is 0 Å². The molecule has 3 rings (SSSR count). The molecule has 122 valence electrons. The van der Waals surface area contributed by atoms with Crippen molar-refractivity contribution < 1.29 is 9.53 Å². The van der Waals surface area contributed by atoms with Crippen LogP contribution in [0.15, 0.2) is 30.3 Å². The Bertz CT molecular complexity index is 565. The van der Waals surface area contributed by atoms with Crippen LogP contribution in [0, 0.1) is 22.7 Å². The number of piperidine rings is 1. The molecule has 0 aromatic heterocycles. The van der Waals surface area contributed by atoms with Crippen LogP contribution in [0.2, 0.25) is 0 Å². The van der Waals surface area contributed by atoms with Crippen molar-refractivity contribution in [3.05, 3.63) is 35.9 Å². The van der Waals surface area contributed by atoms with Gasteiger partial charge in [-0.25, -0.2) is 4.79 Å². The first-order valence-corrected chi connectivity index (χ1v) is 8.60. The van der Waals surface area contributed by atoms with Gasteiger partial charge in [0.2, 0.25) is 0 Å². The van der Waals surface area contributed by atoms with Crippen molar-refractivity contribution in [3.8, 4) is 6.07 Å². The molecule has 1 aromatic carbocycles. The van der Waals surface area contributed by atoms with Crippen molar-refractivity contribution in [2.45, 2.75) is 45.1 Å². The number of rotatable bonds is 3. The largest absolute Gasteiger partial charge is 0.445 e. The molecule has 0 N–H and O–H groups in total. The number of likely N-dealkylation sites (tertiary alicyclic amines) is 1. The average Bonchev–Trinajstić information content (AvgIpc) is 3.16. The Labute approximate surface area is 138 Å². The molecule has 0 radical (unpaired) electrons. The molecule has 2 fully saturated rings. The molecule has 23 heavy (non-hydrogen) atoms. The predicted octanol–water partition coefficient (Wildman–Crippen LogP) is 4.12. The topological polar surface area (TPSA) is 53.3 Å². The summed E-state index contributed by atoms with van der Waals surface area (Å²) in [6, 6.07) is 12.3. The standard InChI is InChI=1S/C19H24N2O2/c20-15-19(17-8-4-5-9-17)10-12-21(13-11-19)18(22)23-14-16-6-2-1-3-7-16/h1-3,6-7,17H,4-5,8-14H2. The van der Waals surface area contributed by atoms with E-state index in [4.69, 9.17) is 4.74 Å². The van der Waals surface area contributed by atoms with Crippen LogP contribution in [0.3, 0.4) is 0 Å². The van der Waals surface area contributed by atoms with Gasteiger partial charge in [-0.2, -0.15) is 5.26 Å². The van der Waals surface area contributed by atoms with Crippen molar-refractivity contribution in [2.75, 3.05) is 13.1 Å². The zero-order valence-corrected chi connectivity index (χ0v) is 13.5. The Balaban J connectivity index is 1.52. The summed E-state index contributed by atoms with van der Waals surface area (Å²) in [7, 11) is 0. The molecule has 2 aliphatic rings. The fourth-order valence-electron chi connectivity index (χ4n) is 3.99. The smallest absolute Gasteiger partial charge is 0.410 e. The van der Waals surface area contributed by atoms with E-state index < -0.39 is 0 Å². The summed E-state index contributed by atoms with van der Waals surface area (Å²) in [4.78, 5) is 14.0. The number of hydrogen-bond donors (Lipinski definition) is 0. The highest BCUT2D eigenvalue weighted by molar-refractivity contribution is 5.67. The molecule has 1 aromatic rings. The fourth-order valence-corrected chi connectivity index (χ4v) is 3.99. The highest BCUT2D eigenvalue weighted by Gasteiger charge is 2.43. The van der Waals surface area contributed by atoms with Crippen LogP contribution in [0.1, 0.15) is 44.1 Å². The first-order chi connectivity index (χ1) is 11.2. The Morgan fingerprint density at radius 2 is 1.87 bits per heavy atom. The quantitative estimate of drug-likeness (QED) is 0.843. The third-order valence-electron chi connectivity index (χ3n) is 5.48. The summed E-state index contributed by atoms with van der Waals surface area (Å²) in [6.45, 7) is 1.58. The van der Waals surface area contributed by atoms with Crippen molar-refractivity contribution in [1.82, 2.24) is 4.90 Å². The minimum atomic E-state index is -0.258. The number of hydrogen-bond acceptors (Lipinski definition) is 3. The number of carbonyl (C=O) groups is 1. The molecule has 0 atom stereocenters. The van der Waals surface area contributed by atoms with Crippen molar-refractivity contribution in [2.24, 2.45) is 11.3 Å². The van der Waals surface area contributed by atoms with Crippen LogP contribution >= 0.6 is 0 Å². The normalized spacial score (nSPS) is 20.9. The maximum absolute atomic E-state index is 12.2. The van der Waals surface area contributed by atoms with Crippen molar-refractivity contribution in [1.29, 1.82) is 5.26 Å². The summed E-state index contributed by atoms with van der Waals surface area (Å²) in [6.07, 6.45) is 6.15. The lowest BCUT2D eigenvalue weighted by Gasteiger charge is -2.40. The number of nitriles is 1. The molecule has 1 aliphatic carbocycles. The SMILES string of the molecule is N#CC1(C2CCCC2)CCN(C(=O)OCc2ccccc2)CC1. The van der Waals surface area contributed by atoms with E-state index in [0.717, 1.165) is 18.4 Å². The maximum Gasteiger partial charge on any atom is 0.410 e. The lowest BCUT2D eigenvalue weighted by atomic mass is 9.69. The highest BCUT2D eigenvalue weighted by Crippen LogP contribution is 2.46. The molecule has 0 spiro atoms. The summed E-state index contributed by atoms with van der Waals surface area (Å²) in [5.74, 6) is 0.523. The van der Waals surface area contributed by atoms with Gasteiger partial charge < -0.3 is 9.64 Å². The van der Waals surface area contributed by atoms with Crippen LogP contribution in [-0.2, 0) is 11.3 Å². The molecule has 4 nitrogen and oxygen atoms in total. The van der Waals surface area contributed by atoms with Gasteiger partial charge in [0.25, 0.3) is 0 Å². The van der Waals surface area contributed by atoms with E-state index >= 15 is 0 Å². The van der Waals surface area contributed by atoms with E-state index in [2.05, 4.69) is 6.07 Å². The Morgan fingerprint density at radius 1 is 1.22 bits per heavy atom. The molecular weight excluding hydrogens is 288 g/mol. The molecule has 1 saturated carbocycles. The van der Waals surface area contributed by atoms with Gasteiger partial charge in [0, 0.05) is 13.1 Å². The second-order valence-corrected chi connectivity index (χ2v) is 6.78. The van der Waals surface area contributed by atoms with Gasteiger partial charge >= 0.3 is 6.09 Å². The van der Waals surface area contributed by atoms with Crippen LogP contribution in [0.25, 0.3) is 0 Å². The van der Waals surface area contributed by atoms with Gasteiger partial charge in [-0.05, 0) is 37.2 Å². The lowest BCUT2D eigenvalue weighted by Crippen LogP contribution is -2.45. The first-order valence-electron chi connectivity index (χ1n) is 8.60. The van der Waals surface area contributed by atoms with E-state index in [1.807, 2.05) is 30.3 Å². The zero-order valence-electron chi connectivity index (χ0n) is 13.5. The molecule has 4 heteroatoms. The van der Waals surface area contributed by atoms with Gasteiger partial charge in [-0.1, -0.05) is 43.2 Å². The van der Waals surface area contributed by atoms with E-state index in [1.165, 1.54) is 25.7 Å². The number of nitrogens with zero attached hydrogens (tertiary/aromatic N) is 2. The van der Waals surface area contributed by atoms with E-state index in [0.29, 0.717) is 25.6 Å². The van der Waals surface area contributed by atoms with Crippen molar-refractivity contribution >= 4 is 6.09 Å². The third kappa shape index (κ3) is 3.50. The summed E-state index contributed by atoms with van der Waals surface area (Å²) < 4.78 is 5.40. The van der Waals surface area contributed by atoms with Gasteiger partial charge in [-0.15, -0.1) is 0 Å². The van der Waals surface area contributed by atoms with Crippen LogP contribution in [0.5, 0.6) is 0 Å². The third-order valence-corrected chi connectivity index (χ3v) is 5.48. The number of ether oxygens (including phenoxy) is 1. The Kier molecular flexibility index (Phi) is 4.85. The molecule has 1 amide bonds. The molecule has 1 heterocycles. The van der Waals surface area contributed by atoms with E-state index in [-0.39, 0.29) is 11.5 Å². The second kappa shape index (κ2) is 7.04. The Hall–Kier alpha value is -2.02. The maximum atomic E-state index is 12.2. The minimum Gasteiger partial charge on any atom is -0.445 e. The van der Waals surface area contributed by atoms with E-state index in [9.17, 15) is 10.1 Å². The van der Waals surface area contributed by atoms with Crippen LogP contribution in [-0.4, -0.2) is 24.1 Å². The summed E-state index contributed by atoms with van der Waals surface area (Å²) in [5.41, 5.74) is 0.780. The predicted molar refractivity (Wildman–Crippen MR) is 87.4 cm³/mol. The molecule has 1 saturated heterocycles. The average molecular weight is 312 g/mol.